The molecular formula is C64H110O6. The van der Waals surface area contributed by atoms with Gasteiger partial charge in [0, 0.05) is 19.3 Å². The molecule has 6 nitrogen and oxygen atoms in total. The molecule has 1 unspecified atom stereocenters. The summed E-state index contributed by atoms with van der Waals surface area (Å²) in [4.78, 5) is 38.2. The van der Waals surface area contributed by atoms with Crippen LogP contribution in [0.1, 0.15) is 284 Å². The van der Waals surface area contributed by atoms with E-state index in [-0.39, 0.29) is 31.1 Å². The van der Waals surface area contributed by atoms with E-state index in [0.29, 0.717) is 19.3 Å². The van der Waals surface area contributed by atoms with Gasteiger partial charge in [-0.1, -0.05) is 234 Å². The first-order chi connectivity index (χ1) is 34.5. The molecule has 0 rings (SSSR count). The Morgan fingerprint density at radius 3 is 0.900 bits per heavy atom. The summed E-state index contributed by atoms with van der Waals surface area (Å²) in [6, 6.07) is 0. The van der Waals surface area contributed by atoms with Crippen molar-refractivity contribution >= 4 is 17.9 Å². The van der Waals surface area contributed by atoms with E-state index in [1.165, 1.54) is 122 Å². The summed E-state index contributed by atoms with van der Waals surface area (Å²) < 4.78 is 16.9. The Balaban J connectivity index is 4.41. The largest absolute Gasteiger partial charge is 0.462 e. The average molecular weight is 976 g/mol. The van der Waals surface area contributed by atoms with Crippen LogP contribution in [0.15, 0.2) is 85.1 Å². The Labute approximate surface area is 433 Å². The lowest BCUT2D eigenvalue weighted by atomic mass is 10.1. The highest BCUT2D eigenvalue weighted by molar-refractivity contribution is 5.71. The van der Waals surface area contributed by atoms with Crippen LogP contribution in [-0.4, -0.2) is 37.2 Å². The van der Waals surface area contributed by atoms with Gasteiger partial charge in [-0.05, 0) is 116 Å². The predicted octanol–water partition coefficient (Wildman–Crippen LogP) is 19.9. The molecule has 0 saturated heterocycles. The lowest BCUT2D eigenvalue weighted by molar-refractivity contribution is -0.167. The number of carbonyl (C=O) groups is 3. The van der Waals surface area contributed by atoms with E-state index in [1.807, 2.05) is 0 Å². The first-order valence-electron chi connectivity index (χ1n) is 29.6. The summed E-state index contributed by atoms with van der Waals surface area (Å²) >= 11 is 0. The molecule has 0 aliphatic rings. The van der Waals surface area contributed by atoms with Gasteiger partial charge in [-0.3, -0.25) is 14.4 Å². The third-order valence-corrected chi connectivity index (χ3v) is 12.6. The van der Waals surface area contributed by atoms with Crippen molar-refractivity contribution in [3.63, 3.8) is 0 Å². The van der Waals surface area contributed by atoms with Gasteiger partial charge in [0.15, 0.2) is 6.10 Å². The summed E-state index contributed by atoms with van der Waals surface area (Å²) in [5.74, 6) is -0.911. The van der Waals surface area contributed by atoms with Gasteiger partial charge in [0.05, 0.1) is 0 Å². The molecule has 0 spiro atoms. The van der Waals surface area contributed by atoms with Crippen LogP contribution in [0.2, 0.25) is 0 Å². The molecule has 0 saturated carbocycles. The van der Waals surface area contributed by atoms with Crippen molar-refractivity contribution in [3.8, 4) is 0 Å². The third-order valence-electron chi connectivity index (χ3n) is 12.6. The smallest absolute Gasteiger partial charge is 0.306 e. The Kier molecular flexibility index (Phi) is 55.3. The van der Waals surface area contributed by atoms with Crippen LogP contribution >= 0.6 is 0 Å². The van der Waals surface area contributed by atoms with Crippen molar-refractivity contribution in [3.05, 3.63) is 85.1 Å². The number of allylic oxidation sites excluding steroid dienone is 14. The molecule has 6 heteroatoms. The molecule has 0 radical (unpaired) electrons. The van der Waals surface area contributed by atoms with Gasteiger partial charge in [0.2, 0.25) is 0 Å². The van der Waals surface area contributed by atoms with Crippen molar-refractivity contribution in [1.29, 1.82) is 0 Å². The lowest BCUT2D eigenvalue weighted by Crippen LogP contribution is -2.30. The molecule has 0 aliphatic carbocycles. The van der Waals surface area contributed by atoms with Crippen molar-refractivity contribution in [2.24, 2.45) is 0 Å². The molecule has 1 atom stereocenters. The molecule has 0 aromatic rings. The van der Waals surface area contributed by atoms with Crippen molar-refractivity contribution in [1.82, 2.24) is 0 Å². The zero-order valence-electron chi connectivity index (χ0n) is 46.0. The molecule has 0 aliphatic heterocycles. The van der Waals surface area contributed by atoms with Crippen LogP contribution < -0.4 is 0 Å². The number of carbonyl (C=O) groups excluding carboxylic acids is 3. The SMILES string of the molecule is CC/C=C\C/C=C\C/C=C\C/C=C\CCCCCCCCCCC(=O)OCC(COC(=O)CCCCCCC/C=C\CCCCCCCC)OC(=O)CCCCCCC/C=C\C/C=C\CCCCCC. The fourth-order valence-corrected chi connectivity index (χ4v) is 8.16. The highest BCUT2D eigenvalue weighted by atomic mass is 16.6. The van der Waals surface area contributed by atoms with E-state index < -0.39 is 6.10 Å². The summed E-state index contributed by atoms with van der Waals surface area (Å²) in [6.07, 6.45) is 75.7. The van der Waals surface area contributed by atoms with E-state index in [9.17, 15) is 14.4 Å². The number of rotatable bonds is 53. The molecule has 0 amide bonds. The number of ether oxygens (including phenoxy) is 3. The van der Waals surface area contributed by atoms with E-state index >= 15 is 0 Å². The summed E-state index contributed by atoms with van der Waals surface area (Å²) in [6.45, 7) is 6.50. The van der Waals surface area contributed by atoms with Crippen molar-refractivity contribution < 1.29 is 28.6 Å². The Hall–Kier alpha value is -3.41. The fourth-order valence-electron chi connectivity index (χ4n) is 8.16. The van der Waals surface area contributed by atoms with E-state index in [1.54, 1.807) is 0 Å². The fraction of sp³-hybridized carbons (Fsp3) is 0.734. The van der Waals surface area contributed by atoms with E-state index in [0.717, 1.165) is 122 Å². The third kappa shape index (κ3) is 55.5. The Morgan fingerprint density at radius 2 is 0.557 bits per heavy atom. The van der Waals surface area contributed by atoms with Crippen LogP contribution in [0.4, 0.5) is 0 Å². The molecular weight excluding hydrogens is 865 g/mol. The molecule has 0 aromatic heterocycles. The average Bonchev–Trinajstić information content (AvgIpc) is 3.36. The maximum atomic E-state index is 12.9. The number of hydrogen-bond donors (Lipinski definition) is 0. The van der Waals surface area contributed by atoms with Crippen LogP contribution in [0.25, 0.3) is 0 Å². The van der Waals surface area contributed by atoms with Gasteiger partial charge < -0.3 is 14.2 Å². The van der Waals surface area contributed by atoms with Gasteiger partial charge in [0.25, 0.3) is 0 Å². The van der Waals surface area contributed by atoms with Crippen molar-refractivity contribution in [2.75, 3.05) is 13.2 Å². The van der Waals surface area contributed by atoms with Gasteiger partial charge in [-0.2, -0.15) is 0 Å². The molecule has 0 N–H and O–H groups in total. The monoisotopic (exact) mass is 975 g/mol. The van der Waals surface area contributed by atoms with Crippen LogP contribution in [-0.2, 0) is 28.6 Å². The zero-order chi connectivity index (χ0) is 50.7. The van der Waals surface area contributed by atoms with Gasteiger partial charge in [0.1, 0.15) is 13.2 Å². The standard InChI is InChI=1S/C64H110O6/c1-4-7-10-13-16-19-22-25-28-30-31-32-33-34-37-39-42-45-48-51-54-57-63(66)69-60-61(59-68-62(65)56-53-50-47-44-41-38-35-27-24-21-18-15-12-9-6-3)70-64(67)58-55-52-49-46-43-40-36-29-26-23-20-17-14-11-8-5-2/h7,10,16,19-20,23,25,27-29,31-32,35-36,61H,4-6,8-9,11-15,17-18,21-22,24,26,30,33-34,37-60H2,1-3H3/b10-7-,19-16-,23-20-,28-25-,32-31-,35-27-,36-29-. The first-order valence-corrected chi connectivity index (χ1v) is 29.6. The summed E-state index contributed by atoms with van der Waals surface area (Å²) in [7, 11) is 0. The van der Waals surface area contributed by atoms with E-state index in [4.69, 9.17) is 14.2 Å². The second kappa shape index (κ2) is 58.2. The van der Waals surface area contributed by atoms with Crippen LogP contribution in [0, 0.1) is 0 Å². The molecule has 0 heterocycles. The molecule has 0 bridgehead atoms. The first kappa shape index (κ1) is 66.6. The van der Waals surface area contributed by atoms with Crippen LogP contribution in [0.3, 0.4) is 0 Å². The number of esters is 3. The molecule has 70 heavy (non-hydrogen) atoms. The highest BCUT2D eigenvalue weighted by Gasteiger charge is 2.19. The minimum atomic E-state index is -0.792. The Morgan fingerprint density at radius 1 is 0.300 bits per heavy atom. The minimum absolute atomic E-state index is 0.0887. The molecule has 0 aromatic carbocycles. The second-order valence-corrected chi connectivity index (χ2v) is 19.5. The lowest BCUT2D eigenvalue weighted by Gasteiger charge is -2.18. The molecule has 402 valence electrons. The maximum Gasteiger partial charge on any atom is 0.306 e. The minimum Gasteiger partial charge on any atom is -0.462 e. The van der Waals surface area contributed by atoms with Crippen molar-refractivity contribution in [2.45, 2.75) is 290 Å². The quantitative estimate of drug-likeness (QED) is 0.0261. The number of unbranched alkanes of at least 4 members (excludes halogenated alkanes) is 28. The molecule has 0 fully saturated rings. The predicted molar refractivity (Wildman–Crippen MR) is 302 cm³/mol. The maximum absolute atomic E-state index is 12.9. The normalized spacial score (nSPS) is 12.7. The van der Waals surface area contributed by atoms with Gasteiger partial charge in [-0.25, -0.2) is 0 Å². The summed E-state index contributed by atoms with van der Waals surface area (Å²) in [5, 5.41) is 0. The zero-order valence-corrected chi connectivity index (χ0v) is 46.0. The number of hydrogen-bond acceptors (Lipinski definition) is 6. The second-order valence-electron chi connectivity index (χ2n) is 19.5. The topological polar surface area (TPSA) is 78.9 Å². The van der Waals surface area contributed by atoms with Gasteiger partial charge in [-0.15, -0.1) is 0 Å². The van der Waals surface area contributed by atoms with E-state index in [2.05, 4.69) is 106 Å². The highest BCUT2D eigenvalue weighted by Crippen LogP contribution is 2.15. The van der Waals surface area contributed by atoms with Gasteiger partial charge >= 0.3 is 17.9 Å². The Bertz CT molecular complexity index is 1350. The van der Waals surface area contributed by atoms with Crippen LogP contribution in [0.5, 0.6) is 0 Å². The summed E-state index contributed by atoms with van der Waals surface area (Å²) in [5.41, 5.74) is 0.